The number of carbonyl (C=O) groups excluding carboxylic acids is 2. The fraction of sp³-hybridized carbons (Fsp3) is 0.263. The van der Waals surface area contributed by atoms with E-state index in [1.54, 1.807) is 12.1 Å². The van der Waals surface area contributed by atoms with Crippen molar-refractivity contribution in [1.29, 1.82) is 0 Å². The Kier molecular flexibility index (Phi) is 7.31. The zero-order valence-corrected chi connectivity index (χ0v) is 17.9. The molecule has 0 amide bonds. The lowest BCUT2D eigenvalue weighted by atomic mass is 10.2. The number of nitrogens with one attached hydrogen (secondary N) is 1. The van der Waals surface area contributed by atoms with Crippen molar-refractivity contribution in [2.45, 2.75) is 6.92 Å². The molecule has 0 aliphatic carbocycles. The molecule has 1 aromatic carbocycles. The molecule has 0 bridgehead atoms. The summed E-state index contributed by atoms with van der Waals surface area (Å²) in [5.74, 6) is -2.33. The van der Waals surface area contributed by atoms with Gasteiger partial charge in [-0.05, 0) is 18.6 Å². The Labute approximate surface area is 177 Å². The number of sulfonamides is 1. The molecule has 0 aliphatic heterocycles. The smallest absolute Gasteiger partial charge is 0.332 e. The van der Waals surface area contributed by atoms with Crippen LogP contribution in [0.15, 0.2) is 39.3 Å². The number of ketones is 1. The largest absolute Gasteiger partial charge is 0.456 e. The third-order valence-corrected chi connectivity index (χ3v) is 5.33. The maximum absolute atomic E-state index is 12.3. The molecule has 166 valence electrons. The van der Waals surface area contributed by atoms with Crippen LogP contribution in [0.3, 0.4) is 0 Å². The lowest BCUT2D eigenvalue weighted by Gasteiger charge is -2.11. The molecule has 12 heteroatoms. The highest BCUT2D eigenvalue weighted by Crippen LogP contribution is 2.06. The number of hydrogen-bond donors (Lipinski definition) is 2. The van der Waals surface area contributed by atoms with Gasteiger partial charge in [0.2, 0.25) is 15.8 Å². The van der Waals surface area contributed by atoms with Crippen molar-refractivity contribution in [3.05, 3.63) is 67.2 Å². The Hall–Kier alpha value is -3.51. The SMILES string of the molecule is Cc1ccc(C=CS(=O)(=O)NCC(=O)OCC(=O)c2c(N)n(C)c(=O)n(C)c2=O)cc1. The molecular weight excluding hydrogens is 428 g/mol. The van der Waals surface area contributed by atoms with Crippen molar-refractivity contribution in [3.8, 4) is 0 Å². The summed E-state index contributed by atoms with van der Waals surface area (Å²) in [6, 6.07) is 7.10. The monoisotopic (exact) mass is 450 g/mol. The topological polar surface area (TPSA) is 160 Å². The number of hydrogen-bond acceptors (Lipinski definition) is 8. The number of Topliss-reactive ketones (excluding diaryl/α,β-unsaturated/α-hetero) is 1. The van der Waals surface area contributed by atoms with Crippen LogP contribution in [-0.2, 0) is 33.7 Å². The Balaban J connectivity index is 1.96. The van der Waals surface area contributed by atoms with Crippen LogP contribution in [0.1, 0.15) is 21.5 Å². The molecule has 0 aliphatic rings. The van der Waals surface area contributed by atoms with Gasteiger partial charge in [-0.3, -0.25) is 23.5 Å². The van der Waals surface area contributed by atoms with Crippen molar-refractivity contribution >= 4 is 33.7 Å². The Morgan fingerprint density at radius 3 is 2.35 bits per heavy atom. The van der Waals surface area contributed by atoms with Gasteiger partial charge in [-0.25, -0.2) is 17.9 Å². The minimum atomic E-state index is -3.93. The fourth-order valence-electron chi connectivity index (χ4n) is 2.44. The number of esters is 1. The summed E-state index contributed by atoms with van der Waals surface area (Å²) in [7, 11) is -1.48. The number of nitrogens with zero attached hydrogens (tertiary/aromatic N) is 2. The summed E-state index contributed by atoms with van der Waals surface area (Å²) in [6.07, 6.45) is 1.36. The Morgan fingerprint density at radius 1 is 1.13 bits per heavy atom. The van der Waals surface area contributed by atoms with Crippen LogP contribution in [0.25, 0.3) is 6.08 Å². The number of anilines is 1. The fourth-order valence-corrected chi connectivity index (χ4v) is 3.20. The van der Waals surface area contributed by atoms with E-state index >= 15 is 0 Å². The molecule has 1 heterocycles. The molecule has 3 N–H and O–H groups in total. The summed E-state index contributed by atoms with van der Waals surface area (Å²) in [5.41, 5.74) is 5.18. The minimum absolute atomic E-state index is 0.365. The van der Waals surface area contributed by atoms with Gasteiger partial charge in [0.15, 0.2) is 6.61 Å². The first-order valence-corrected chi connectivity index (χ1v) is 10.5. The predicted octanol–water partition coefficient (Wildman–Crippen LogP) is -0.709. The van der Waals surface area contributed by atoms with E-state index in [-0.39, 0.29) is 5.82 Å². The van der Waals surface area contributed by atoms with Crippen LogP contribution >= 0.6 is 0 Å². The van der Waals surface area contributed by atoms with Crippen molar-refractivity contribution in [1.82, 2.24) is 13.9 Å². The van der Waals surface area contributed by atoms with E-state index in [2.05, 4.69) is 0 Å². The number of aromatic nitrogens is 2. The molecule has 2 rings (SSSR count). The van der Waals surface area contributed by atoms with Crippen LogP contribution in [0.2, 0.25) is 0 Å². The number of carbonyl (C=O) groups is 2. The molecule has 2 aromatic rings. The number of rotatable bonds is 8. The van der Waals surface area contributed by atoms with Gasteiger partial charge in [-0.2, -0.15) is 0 Å². The maximum atomic E-state index is 12.3. The van der Waals surface area contributed by atoms with Gasteiger partial charge in [0, 0.05) is 19.5 Å². The highest BCUT2D eigenvalue weighted by Gasteiger charge is 2.21. The lowest BCUT2D eigenvalue weighted by molar-refractivity contribution is -0.141. The van der Waals surface area contributed by atoms with Crippen LogP contribution in [0.5, 0.6) is 0 Å². The van der Waals surface area contributed by atoms with E-state index < -0.39 is 51.7 Å². The van der Waals surface area contributed by atoms with Gasteiger partial charge >= 0.3 is 11.7 Å². The minimum Gasteiger partial charge on any atom is -0.456 e. The van der Waals surface area contributed by atoms with Gasteiger partial charge in [-0.1, -0.05) is 29.8 Å². The highest BCUT2D eigenvalue weighted by atomic mass is 32.2. The summed E-state index contributed by atoms with van der Waals surface area (Å²) in [5, 5.41) is 0.894. The van der Waals surface area contributed by atoms with Gasteiger partial charge in [0.25, 0.3) is 5.56 Å². The third-order valence-electron chi connectivity index (χ3n) is 4.29. The first kappa shape index (κ1) is 23.8. The van der Waals surface area contributed by atoms with Crippen LogP contribution in [-0.4, -0.2) is 42.5 Å². The summed E-state index contributed by atoms with van der Waals surface area (Å²) >= 11 is 0. The molecule has 1 aromatic heterocycles. The second-order valence-corrected chi connectivity index (χ2v) is 8.28. The first-order chi connectivity index (χ1) is 14.4. The number of ether oxygens (including phenoxy) is 1. The van der Waals surface area contributed by atoms with Crippen molar-refractivity contribution in [2.24, 2.45) is 14.1 Å². The third kappa shape index (κ3) is 5.99. The number of benzene rings is 1. The highest BCUT2D eigenvalue weighted by molar-refractivity contribution is 7.92. The van der Waals surface area contributed by atoms with E-state index in [1.807, 2.05) is 23.8 Å². The van der Waals surface area contributed by atoms with Gasteiger partial charge < -0.3 is 10.5 Å². The molecule has 31 heavy (non-hydrogen) atoms. The Morgan fingerprint density at radius 2 is 1.74 bits per heavy atom. The summed E-state index contributed by atoms with van der Waals surface area (Å²) in [6.45, 7) is 0.319. The maximum Gasteiger partial charge on any atom is 0.332 e. The summed E-state index contributed by atoms with van der Waals surface area (Å²) < 4.78 is 32.3. The first-order valence-electron chi connectivity index (χ1n) is 8.91. The Bertz CT molecular complexity index is 1260. The lowest BCUT2D eigenvalue weighted by Crippen LogP contribution is -2.42. The van der Waals surface area contributed by atoms with E-state index in [0.29, 0.717) is 10.1 Å². The van der Waals surface area contributed by atoms with E-state index in [4.69, 9.17) is 10.5 Å². The number of aryl methyl sites for hydroxylation is 1. The van der Waals surface area contributed by atoms with Crippen molar-refractivity contribution in [3.63, 3.8) is 0 Å². The molecule has 0 saturated heterocycles. The van der Waals surface area contributed by atoms with E-state index in [1.165, 1.54) is 20.2 Å². The summed E-state index contributed by atoms with van der Waals surface area (Å²) in [4.78, 5) is 47.9. The molecule has 0 fully saturated rings. The quantitative estimate of drug-likeness (QED) is 0.394. The van der Waals surface area contributed by atoms with Gasteiger partial charge in [0.05, 0.1) is 0 Å². The average Bonchev–Trinajstić information content (AvgIpc) is 2.73. The molecule has 0 radical (unpaired) electrons. The van der Waals surface area contributed by atoms with Crippen LogP contribution in [0, 0.1) is 6.92 Å². The standard InChI is InChI=1S/C19H22N4O7S/c1-12-4-6-13(7-5-12)8-9-31(28,29)21-10-15(25)30-11-14(24)16-17(20)22(2)19(27)23(3)18(16)26/h4-9,21H,10-11,20H2,1-3H3. The van der Waals surface area contributed by atoms with Crippen LogP contribution in [0.4, 0.5) is 5.82 Å². The van der Waals surface area contributed by atoms with Gasteiger partial charge in [0.1, 0.15) is 17.9 Å². The second kappa shape index (κ2) is 9.53. The molecule has 0 saturated carbocycles. The molecular formula is C19H22N4O7S. The zero-order valence-electron chi connectivity index (χ0n) is 17.1. The average molecular weight is 450 g/mol. The van der Waals surface area contributed by atoms with Gasteiger partial charge in [-0.15, -0.1) is 0 Å². The van der Waals surface area contributed by atoms with Crippen molar-refractivity contribution < 1.29 is 22.7 Å². The normalized spacial score (nSPS) is 11.6. The molecule has 0 unspecified atom stereocenters. The molecule has 0 spiro atoms. The second-order valence-electron chi connectivity index (χ2n) is 6.63. The molecule has 0 atom stereocenters. The molecule has 11 nitrogen and oxygen atoms in total. The number of nitrogen functional groups attached to an aromatic ring is 1. The zero-order chi connectivity index (χ0) is 23.3. The van der Waals surface area contributed by atoms with Crippen molar-refractivity contribution in [2.75, 3.05) is 18.9 Å². The van der Waals surface area contributed by atoms with E-state index in [0.717, 1.165) is 15.5 Å². The predicted molar refractivity (Wildman–Crippen MR) is 114 cm³/mol. The number of nitrogens with two attached hydrogens (primary N) is 1. The van der Waals surface area contributed by atoms with Crippen LogP contribution < -0.4 is 21.7 Å². The van der Waals surface area contributed by atoms with E-state index in [9.17, 15) is 27.6 Å².